The second-order valence-corrected chi connectivity index (χ2v) is 6.97. The third-order valence-corrected chi connectivity index (χ3v) is 4.96. The Morgan fingerprint density at radius 2 is 1.80 bits per heavy atom. The second kappa shape index (κ2) is 9.54. The van der Waals surface area contributed by atoms with E-state index in [0.717, 1.165) is 22.0 Å². The van der Waals surface area contributed by atoms with Gasteiger partial charge in [-0.25, -0.2) is 0 Å². The highest BCUT2D eigenvalue weighted by Crippen LogP contribution is 2.30. The van der Waals surface area contributed by atoms with Gasteiger partial charge in [0.1, 0.15) is 0 Å². The van der Waals surface area contributed by atoms with Crippen LogP contribution < -0.4 is 14.8 Å². The van der Waals surface area contributed by atoms with Crippen molar-refractivity contribution in [1.29, 1.82) is 0 Å². The van der Waals surface area contributed by atoms with Gasteiger partial charge < -0.3 is 14.8 Å². The number of likely N-dealkylation sites (N-methyl/N-ethyl adjacent to an activating group) is 1. The van der Waals surface area contributed by atoms with E-state index >= 15 is 0 Å². The van der Waals surface area contributed by atoms with Crippen LogP contribution in [0.15, 0.2) is 60.7 Å². The number of methoxy groups -OCH3 is 1. The first-order valence-corrected chi connectivity index (χ1v) is 9.49. The summed E-state index contributed by atoms with van der Waals surface area (Å²) in [6.45, 7) is -0.688. The van der Waals surface area contributed by atoms with Crippen molar-refractivity contribution in [1.82, 2.24) is 4.90 Å². The lowest BCUT2D eigenvalue weighted by atomic mass is 10.1. The predicted molar refractivity (Wildman–Crippen MR) is 113 cm³/mol. The van der Waals surface area contributed by atoms with Gasteiger partial charge in [-0.05, 0) is 43.1 Å². The molecule has 3 aromatic carbocycles. The van der Waals surface area contributed by atoms with Gasteiger partial charge in [-0.15, -0.1) is 0 Å². The molecule has 0 radical (unpaired) electrons. The highest BCUT2D eigenvalue weighted by molar-refractivity contribution is 6.03. The maximum Gasteiger partial charge on any atom is 0.387 e. The smallest absolute Gasteiger partial charge is 0.387 e. The molecular formula is C23H24F2N2O3. The maximum absolute atomic E-state index is 12.8. The Hall–Kier alpha value is -3.19. The summed E-state index contributed by atoms with van der Waals surface area (Å²) in [5.41, 5.74) is 1.56. The summed E-state index contributed by atoms with van der Waals surface area (Å²) in [6.07, 6.45) is 0. The highest BCUT2D eigenvalue weighted by atomic mass is 19.3. The summed E-state index contributed by atoms with van der Waals surface area (Å²) < 4.78 is 34.6. The minimum atomic E-state index is -2.93. The van der Waals surface area contributed by atoms with Crippen LogP contribution in [0.2, 0.25) is 0 Å². The molecule has 0 saturated carbocycles. The zero-order valence-corrected chi connectivity index (χ0v) is 17.1. The Labute approximate surface area is 174 Å². The minimum Gasteiger partial charge on any atom is -0.493 e. The summed E-state index contributed by atoms with van der Waals surface area (Å²) >= 11 is 0. The summed E-state index contributed by atoms with van der Waals surface area (Å²) in [6, 6.07) is 17.9. The third kappa shape index (κ3) is 5.04. The van der Waals surface area contributed by atoms with Gasteiger partial charge >= 0.3 is 6.61 Å². The molecule has 0 fully saturated rings. The molecule has 3 rings (SSSR count). The van der Waals surface area contributed by atoms with E-state index in [2.05, 4.69) is 10.1 Å². The van der Waals surface area contributed by atoms with Crippen molar-refractivity contribution in [2.75, 3.05) is 19.5 Å². The first-order valence-electron chi connectivity index (χ1n) is 9.49. The Morgan fingerprint density at radius 3 is 2.53 bits per heavy atom. The molecule has 0 aliphatic rings. The Bertz CT molecular complexity index is 1020. The largest absolute Gasteiger partial charge is 0.493 e. The molecule has 158 valence electrons. The third-order valence-electron chi connectivity index (χ3n) is 4.96. The van der Waals surface area contributed by atoms with E-state index in [4.69, 9.17) is 4.74 Å². The molecule has 0 heterocycles. The molecule has 1 amide bonds. The molecular weight excluding hydrogens is 390 g/mol. The van der Waals surface area contributed by atoms with Crippen molar-refractivity contribution in [3.63, 3.8) is 0 Å². The number of hydrogen-bond donors (Lipinski definition) is 1. The number of benzene rings is 3. The Kier molecular flexibility index (Phi) is 6.84. The predicted octanol–water partition coefficient (Wildman–Crippen LogP) is 4.91. The number of rotatable bonds is 8. The lowest BCUT2D eigenvalue weighted by molar-refractivity contribution is -0.120. The normalized spacial score (nSPS) is 12.2. The van der Waals surface area contributed by atoms with Crippen LogP contribution >= 0.6 is 0 Å². The average Bonchev–Trinajstić information content (AvgIpc) is 2.74. The van der Waals surface area contributed by atoms with E-state index in [1.54, 1.807) is 12.1 Å². The number of carbonyl (C=O) groups is 1. The van der Waals surface area contributed by atoms with Gasteiger partial charge in [-0.3, -0.25) is 9.69 Å². The molecule has 1 N–H and O–H groups in total. The van der Waals surface area contributed by atoms with E-state index in [9.17, 15) is 13.6 Å². The standard InChI is InChI=1S/C23H24F2N2O3/c1-15(22(28)26-19-10-6-8-17-7-4-5-9-18(17)19)27(2)14-16-11-12-20(30-23(24)25)21(13-16)29-3/h4-13,15,23H,14H2,1-3H3,(H,26,28)/t15-/m0/s1. The van der Waals surface area contributed by atoms with Crippen molar-refractivity contribution in [2.24, 2.45) is 0 Å². The fourth-order valence-corrected chi connectivity index (χ4v) is 3.20. The van der Waals surface area contributed by atoms with E-state index in [0.29, 0.717) is 6.54 Å². The fourth-order valence-electron chi connectivity index (χ4n) is 3.20. The van der Waals surface area contributed by atoms with Gasteiger partial charge in [0.15, 0.2) is 11.5 Å². The molecule has 0 saturated heterocycles. The lowest BCUT2D eigenvalue weighted by Crippen LogP contribution is -2.39. The lowest BCUT2D eigenvalue weighted by Gasteiger charge is -2.24. The van der Waals surface area contributed by atoms with Crippen molar-refractivity contribution in [2.45, 2.75) is 26.1 Å². The fraction of sp³-hybridized carbons (Fsp3) is 0.261. The van der Waals surface area contributed by atoms with Crippen molar-refractivity contribution < 1.29 is 23.0 Å². The number of anilines is 1. The molecule has 0 spiro atoms. The van der Waals surface area contributed by atoms with E-state index in [-0.39, 0.29) is 17.4 Å². The van der Waals surface area contributed by atoms with Crippen LogP contribution in [0.3, 0.4) is 0 Å². The summed E-state index contributed by atoms with van der Waals surface area (Å²) in [5.74, 6) is 0.0492. The van der Waals surface area contributed by atoms with Crippen LogP contribution in [0, 0.1) is 0 Å². The van der Waals surface area contributed by atoms with Gasteiger partial charge in [0, 0.05) is 17.6 Å². The zero-order valence-electron chi connectivity index (χ0n) is 17.1. The Balaban J connectivity index is 1.69. The topological polar surface area (TPSA) is 50.8 Å². The van der Waals surface area contributed by atoms with E-state index in [1.807, 2.05) is 61.3 Å². The SMILES string of the molecule is COc1cc(CN(C)[C@@H](C)C(=O)Nc2cccc3ccccc23)ccc1OC(F)F. The van der Waals surface area contributed by atoms with Crippen LogP contribution in [-0.2, 0) is 11.3 Å². The summed E-state index contributed by atoms with van der Waals surface area (Å²) in [5, 5.41) is 5.02. The van der Waals surface area contributed by atoms with E-state index < -0.39 is 12.7 Å². The number of nitrogens with zero attached hydrogens (tertiary/aromatic N) is 1. The van der Waals surface area contributed by atoms with Crippen LogP contribution in [0.5, 0.6) is 11.5 Å². The van der Waals surface area contributed by atoms with Crippen molar-refractivity contribution >= 4 is 22.4 Å². The van der Waals surface area contributed by atoms with Gasteiger partial charge in [0.05, 0.1) is 13.2 Å². The molecule has 7 heteroatoms. The van der Waals surface area contributed by atoms with Gasteiger partial charge in [-0.2, -0.15) is 8.78 Å². The monoisotopic (exact) mass is 414 g/mol. The average molecular weight is 414 g/mol. The number of carbonyl (C=O) groups excluding carboxylic acids is 1. The number of nitrogens with one attached hydrogen (secondary N) is 1. The Morgan fingerprint density at radius 1 is 1.07 bits per heavy atom. The maximum atomic E-state index is 12.8. The number of ether oxygens (including phenoxy) is 2. The van der Waals surface area contributed by atoms with Gasteiger partial charge in [-0.1, -0.05) is 42.5 Å². The van der Waals surface area contributed by atoms with Gasteiger partial charge in [0.25, 0.3) is 0 Å². The molecule has 0 aliphatic carbocycles. The highest BCUT2D eigenvalue weighted by Gasteiger charge is 2.20. The van der Waals surface area contributed by atoms with Crippen LogP contribution in [0.4, 0.5) is 14.5 Å². The number of hydrogen-bond acceptors (Lipinski definition) is 4. The number of fused-ring (bicyclic) bond motifs is 1. The second-order valence-electron chi connectivity index (χ2n) is 6.97. The molecule has 0 bridgehead atoms. The van der Waals surface area contributed by atoms with Crippen LogP contribution in [-0.4, -0.2) is 37.6 Å². The van der Waals surface area contributed by atoms with Crippen molar-refractivity contribution in [3.8, 4) is 11.5 Å². The van der Waals surface area contributed by atoms with Crippen LogP contribution in [0.1, 0.15) is 12.5 Å². The summed E-state index contributed by atoms with van der Waals surface area (Å²) in [7, 11) is 3.21. The summed E-state index contributed by atoms with van der Waals surface area (Å²) in [4.78, 5) is 14.7. The quantitative estimate of drug-likeness (QED) is 0.569. The van der Waals surface area contributed by atoms with Crippen molar-refractivity contribution in [3.05, 3.63) is 66.2 Å². The number of halogens is 2. The minimum absolute atomic E-state index is 0.0272. The molecule has 0 unspecified atom stereocenters. The molecule has 0 aromatic heterocycles. The first-order chi connectivity index (χ1) is 14.4. The first kappa shape index (κ1) is 21.5. The number of amides is 1. The van der Waals surface area contributed by atoms with Gasteiger partial charge in [0.2, 0.25) is 5.91 Å². The molecule has 3 aromatic rings. The zero-order chi connectivity index (χ0) is 21.7. The van der Waals surface area contributed by atoms with Crippen LogP contribution in [0.25, 0.3) is 10.8 Å². The van der Waals surface area contributed by atoms with E-state index in [1.165, 1.54) is 13.2 Å². The molecule has 1 atom stereocenters. The molecule has 30 heavy (non-hydrogen) atoms. The molecule has 0 aliphatic heterocycles. The molecule has 5 nitrogen and oxygen atoms in total. The number of alkyl halides is 2.